The number of rotatable bonds is 6. The summed E-state index contributed by atoms with van der Waals surface area (Å²) in [5, 5.41) is 0. The third kappa shape index (κ3) is 7.64. The smallest absolute Gasteiger partial charge is 0.532 e. The van der Waals surface area contributed by atoms with Gasteiger partial charge in [0, 0.05) is 0 Å². The maximum atomic E-state index is 5.32. The molecule has 0 bridgehead atoms. The first-order valence-electron chi connectivity index (χ1n) is 4.85. The van der Waals surface area contributed by atoms with E-state index in [9.17, 15) is 0 Å². The van der Waals surface area contributed by atoms with E-state index in [2.05, 4.69) is 13.8 Å². The minimum atomic E-state index is 0. The van der Waals surface area contributed by atoms with Crippen LogP contribution in [0.25, 0.3) is 0 Å². The molecule has 0 saturated heterocycles. The molecule has 3 heteroatoms. The van der Waals surface area contributed by atoms with Crippen LogP contribution in [0.2, 0.25) is 0 Å². The van der Waals surface area contributed by atoms with Gasteiger partial charge in [0.25, 0.3) is 0 Å². The first-order chi connectivity index (χ1) is 6.79. The zero-order valence-corrected chi connectivity index (χ0v) is 9.77. The third-order valence-electron chi connectivity index (χ3n) is 1.63. The second-order valence-electron chi connectivity index (χ2n) is 3.50. The summed E-state index contributed by atoms with van der Waals surface area (Å²) in [6.45, 7) is 6.85. The molecule has 1 aromatic rings. The number of hydrogen-bond donors (Lipinski definition) is 0. The molecule has 0 unspecified atom stereocenters. The summed E-state index contributed by atoms with van der Waals surface area (Å²) in [6.07, 6.45) is 0. The quantitative estimate of drug-likeness (QED) is 0.278. The Morgan fingerprint density at radius 1 is 1.20 bits per heavy atom. The van der Waals surface area contributed by atoms with Gasteiger partial charge in [-0.3, -0.25) is 0 Å². The van der Waals surface area contributed by atoms with E-state index in [0.29, 0.717) is 19.3 Å². The molecule has 0 saturated carbocycles. The first kappa shape index (κ1) is 14.7. The summed E-state index contributed by atoms with van der Waals surface area (Å²) in [5.41, 5.74) is 1.17. The van der Waals surface area contributed by atoms with Crippen molar-refractivity contribution in [2.24, 2.45) is 5.92 Å². The van der Waals surface area contributed by atoms with E-state index in [4.69, 9.17) is 9.47 Å². The van der Waals surface area contributed by atoms with Crippen molar-refractivity contribution in [2.45, 2.75) is 20.5 Å². The molecule has 2 nitrogen and oxygen atoms in total. The monoisotopic (exact) mass is 200 g/mol. The van der Waals surface area contributed by atoms with E-state index in [1.807, 2.05) is 30.3 Å². The predicted octanol–water partition coefficient (Wildman–Crippen LogP) is -0.000910. The summed E-state index contributed by atoms with van der Waals surface area (Å²) in [7, 11) is 0. The zero-order valence-electron chi connectivity index (χ0n) is 9.77. The second-order valence-corrected chi connectivity index (χ2v) is 3.50. The van der Waals surface area contributed by atoms with Crippen LogP contribution in [0.1, 0.15) is 19.4 Å². The topological polar surface area (TPSA) is 18.5 Å². The molecule has 78 valence electrons. The molecule has 0 aromatic heterocycles. The van der Waals surface area contributed by atoms with Gasteiger partial charge in [-0.15, -0.1) is 0 Å². The van der Waals surface area contributed by atoms with Gasteiger partial charge in [-0.2, -0.15) is 5.92 Å². The Balaban J connectivity index is 0.00000196. The van der Waals surface area contributed by atoms with Gasteiger partial charge >= 0.3 is 18.9 Å². The fourth-order valence-corrected chi connectivity index (χ4v) is 1.01. The largest absolute Gasteiger partial charge is 1.00 e. The van der Waals surface area contributed by atoms with E-state index in [1.54, 1.807) is 6.61 Å². The summed E-state index contributed by atoms with van der Waals surface area (Å²) in [4.78, 5) is 0. The molecule has 0 atom stereocenters. The standard InChI is InChI=1S/C12H17O2.Li/c1-11(2)8-13-10-14-9-12-6-4-3-5-7-12;/h3-8,11H,9-10H2,1-2H3;/q-1;+1. The van der Waals surface area contributed by atoms with Gasteiger partial charge in [0.15, 0.2) is 0 Å². The van der Waals surface area contributed by atoms with Gasteiger partial charge < -0.3 is 9.47 Å². The zero-order chi connectivity index (χ0) is 10.2. The van der Waals surface area contributed by atoms with E-state index in [1.165, 1.54) is 5.56 Å². The molecule has 0 spiro atoms. The van der Waals surface area contributed by atoms with Crippen molar-refractivity contribution in [2.75, 3.05) is 6.79 Å². The van der Waals surface area contributed by atoms with Crippen LogP contribution in [0.15, 0.2) is 30.3 Å². The van der Waals surface area contributed by atoms with Crippen molar-refractivity contribution in [1.29, 1.82) is 0 Å². The summed E-state index contributed by atoms with van der Waals surface area (Å²) in [5.74, 6) is 0.440. The molecule has 0 amide bonds. The average molecular weight is 200 g/mol. The van der Waals surface area contributed by atoms with Crippen molar-refractivity contribution < 1.29 is 28.3 Å². The molecule has 0 heterocycles. The molecule has 0 radical (unpaired) electrons. The van der Waals surface area contributed by atoms with Gasteiger partial charge in [0.2, 0.25) is 0 Å². The third-order valence-corrected chi connectivity index (χ3v) is 1.63. The molecule has 0 aliphatic rings. The summed E-state index contributed by atoms with van der Waals surface area (Å²) < 4.78 is 10.5. The predicted molar refractivity (Wildman–Crippen MR) is 56.3 cm³/mol. The molecule has 15 heavy (non-hydrogen) atoms. The second kappa shape index (κ2) is 9.00. The number of hydrogen-bond acceptors (Lipinski definition) is 2. The molecular weight excluding hydrogens is 183 g/mol. The summed E-state index contributed by atoms with van der Waals surface area (Å²) >= 11 is 0. The van der Waals surface area contributed by atoms with Gasteiger partial charge in [-0.1, -0.05) is 44.2 Å². The Bertz CT molecular complexity index is 237. The Kier molecular flexibility index (Phi) is 8.84. The van der Waals surface area contributed by atoms with Crippen LogP contribution in [-0.2, 0) is 16.1 Å². The van der Waals surface area contributed by atoms with E-state index >= 15 is 0 Å². The van der Waals surface area contributed by atoms with Crippen molar-refractivity contribution in [1.82, 2.24) is 0 Å². The average Bonchev–Trinajstić information content (AvgIpc) is 2.18. The maximum absolute atomic E-state index is 5.32. The minimum absolute atomic E-state index is 0. The van der Waals surface area contributed by atoms with Crippen LogP contribution in [0.3, 0.4) is 0 Å². The Labute approximate surface area is 104 Å². The minimum Gasteiger partial charge on any atom is -0.532 e. The normalized spacial score (nSPS) is 10.1. The van der Waals surface area contributed by atoms with Crippen molar-refractivity contribution in [3.8, 4) is 0 Å². The number of ether oxygens (including phenoxy) is 2. The van der Waals surface area contributed by atoms with Gasteiger partial charge in [0.05, 0.1) is 6.61 Å². The van der Waals surface area contributed by atoms with Gasteiger partial charge in [0.1, 0.15) is 6.79 Å². The SMILES string of the molecule is CC(C)[CH-]OCOCc1ccccc1.[Li+]. The van der Waals surface area contributed by atoms with Crippen LogP contribution in [0.4, 0.5) is 0 Å². The van der Waals surface area contributed by atoms with Crippen LogP contribution >= 0.6 is 0 Å². The molecule has 1 rings (SSSR count). The number of benzene rings is 1. The molecule has 0 aliphatic carbocycles. The maximum Gasteiger partial charge on any atom is 1.00 e. The van der Waals surface area contributed by atoms with E-state index in [-0.39, 0.29) is 18.9 Å². The van der Waals surface area contributed by atoms with Crippen LogP contribution in [-0.4, -0.2) is 6.79 Å². The van der Waals surface area contributed by atoms with Crippen molar-refractivity contribution >= 4 is 0 Å². The fourth-order valence-electron chi connectivity index (χ4n) is 1.01. The fraction of sp³-hybridized carbons (Fsp3) is 0.417. The van der Waals surface area contributed by atoms with E-state index < -0.39 is 0 Å². The molecule has 0 fully saturated rings. The van der Waals surface area contributed by atoms with Crippen molar-refractivity contribution in [3.05, 3.63) is 42.5 Å². The Hall–Kier alpha value is -0.263. The Morgan fingerprint density at radius 2 is 1.87 bits per heavy atom. The summed E-state index contributed by atoms with van der Waals surface area (Å²) in [6, 6.07) is 10.1. The molecule has 0 aliphatic heterocycles. The van der Waals surface area contributed by atoms with Crippen LogP contribution in [0, 0.1) is 12.5 Å². The van der Waals surface area contributed by atoms with E-state index in [0.717, 1.165) is 0 Å². The first-order valence-corrected chi connectivity index (χ1v) is 4.85. The van der Waals surface area contributed by atoms with Gasteiger partial charge in [-0.05, 0) is 5.56 Å². The Morgan fingerprint density at radius 3 is 2.47 bits per heavy atom. The van der Waals surface area contributed by atoms with Crippen LogP contribution < -0.4 is 18.9 Å². The molecule has 1 aromatic carbocycles. The van der Waals surface area contributed by atoms with Gasteiger partial charge in [-0.25, -0.2) is 6.61 Å². The molecule has 0 N–H and O–H groups in total. The molecular formula is C12H17LiO2. The van der Waals surface area contributed by atoms with Crippen molar-refractivity contribution in [3.63, 3.8) is 0 Å². The van der Waals surface area contributed by atoms with Crippen LogP contribution in [0.5, 0.6) is 0 Å².